The Bertz CT molecular complexity index is 986. The number of aromatic nitrogens is 4. The minimum Gasteiger partial charge on any atom is -0.324 e. The second-order valence-electron chi connectivity index (χ2n) is 6.28. The molecule has 7 nitrogen and oxygen atoms in total. The number of hydrogen-bond donors (Lipinski definition) is 0. The van der Waals surface area contributed by atoms with Crippen LogP contribution in [-0.2, 0) is 19.9 Å². The van der Waals surface area contributed by atoms with Crippen molar-refractivity contribution in [2.24, 2.45) is 7.05 Å². The number of imidazole rings is 1. The quantitative estimate of drug-likeness (QED) is 0.727. The Morgan fingerprint density at radius 1 is 1.16 bits per heavy atom. The summed E-state index contributed by atoms with van der Waals surface area (Å²) < 4.78 is 2.59. The third-order valence-corrected chi connectivity index (χ3v) is 4.65. The highest BCUT2D eigenvalue weighted by Crippen LogP contribution is 2.14. The fourth-order valence-electron chi connectivity index (χ4n) is 2.99. The summed E-state index contributed by atoms with van der Waals surface area (Å²) in [6.07, 6.45) is 4.07. The first-order valence-corrected chi connectivity index (χ1v) is 8.42. The molecule has 3 aromatic rings. The molecule has 0 unspecified atom stereocenters. The maximum Gasteiger partial charge on any atom is 0.338 e. The predicted octanol–water partition coefficient (Wildman–Crippen LogP) is 1.59. The van der Waals surface area contributed by atoms with Gasteiger partial charge in [0.15, 0.2) is 5.65 Å². The number of amides is 1. The van der Waals surface area contributed by atoms with Crippen molar-refractivity contribution in [3.05, 3.63) is 58.4 Å². The Balaban J connectivity index is 1.69. The van der Waals surface area contributed by atoms with Gasteiger partial charge >= 0.3 is 11.7 Å². The van der Waals surface area contributed by atoms with Crippen molar-refractivity contribution in [2.45, 2.75) is 19.3 Å². The van der Waals surface area contributed by atoms with Crippen LogP contribution in [0.3, 0.4) is 0 Å². The Hall–Kier alpha value is -2.96. The van der Waals surface area contributed by atoms with E-state index in [1.54, 1.807) is 18.1 Å². The van der Waals surface area contributed by atoms with Crippen LogP contribution in [0.25, 0.3) is 11.2 Å². The molecule has 0 atom stereocenters. The summed E-state index contributed by atoms with van der Waals surface area (Å²) in [4.78, 5) is 35.6. The number of carbonyl (C=O) groups excluding carboxylic acids is 1. The van der Waals surface area contributed by atoms with E-state index in [-0.39, 0.29) is 11.7 Å². The van der Waals surface area contributed by atoms with Gasteiger partial charge in [-0.05, 0) is 18.4 Å². The van der Waals surface area contributed by atoms with Crippen molar-refractivity contribution in [1.29, 1.82) is 0 Å². The minimum absolute atomic E-state index is 0.297. The lowest BCUT2D eigenvalue weighted by molar-refractivity contribution is 0.169. The fraction of sp³-hybridized carbons (Fsp3) is 0.333. The van der Waals surface area contributed by atoms with Crippen LogP contribution >= 0.6 is 0 Å². The lowest BCUT2D eigenvalue weighted by Crippen LogP contribution is -2.47. The molecule has 7 heteroatoms. The Morgan fingerprint density at radius 3 is 2.60 bits per heavy atom. The zero-order valence-corrected chi connectivity index (χ0v) is 14.1. The summed E-state index contributed by atoms with van der Waals surface area (Å²) in [7, 11) is 1.64. The highest BCUT2D eigenvalue weighted by Gasteiger charge is 2.27. The molecule has 1 aromatic carbocycles. The van der Waals surface area contributed by atoms with Crippen LogP contribution < -0.4 is 5.69 Å². The van der Waals surface area contributed by atoms with Gasteiger partial charge < -0.3 is 4.90 Å². The molecule has 0 aliphatic carbocycles. The highest BCUT2D eigenvalue weighted by atomic mass is 16.2. The van der Waals surface area contributed by atoms with Crippen molar-refractivity contribution < 1.29 is 4.79 Å². The summed E-state index contributed by atoms with van der Waals surface area (Å²) in [5.74, 6) is 0.632. The van der Waals surface area contributed by atoms with E-state index in [2.05, 4.69) is 22.1 Å². The molecular weight excluding hydrogens is 318 g/mol. The van der Waals surface area contributed by atoms with Gasteiger partial charge in [0.05, 0.1) is 6.20 Å². The number of benzene rings is 1. The summed E-state index contributed by atoms with van der Waals surface area (Å²) in [5.41, 5.74) is 1.79. The number of likely N-dealkylation sites (tertiary alicyclic amines) is 1. The Morgan fingerprint density at radius 2 is 1.92 bits per heavy atom. The minimum atomic E-state index is -0.374. The molecule has 3 heterocycles. The number of aryl methyl sites for hydroxylation is 3. The largest absolute Gasteiger partial charge is 0.338 e. The van der Waals surface area contributed by atoms with E-state index in [0.29, 0.717) is 36.5 Å². The molecule has 4 rings (SSSR count). The number of nitrogens with zero attached hydrogens (tertiary/aromatic N) is 5. The number of fused-ring (bicyclic) bond motifs is 1. The standard InChI is InChI=1S/C18H19N5O2/c1-21-14-12-19-15(9-8-13-6-3-2-4-7-13)20-16(14)23(17(21)24)18(25)22-10-5-11-22/h2-4,6-7,12H,5,8-11H2,1H3. The van der Waals surface area contributed by atoms with E-state index < -0.39 is 0 Å². The van der Waals surface area contributed by atoms with Gasteiger partial charge in [0, 0.05) is 26.6 Å². The molecule has 1 saturated heterocycles. The molecule has 25 heavy (non-hydrogen) atoms. The van der Waals surface area contributed by atoms with Crippen molar-refractivity contribution in [3.8, 4) is 0 Å². The van der Waals surface area contributed by atoms with Gasteiger partial charge in [0.1, 0.15) is 11.3 Å². The van der Waals surface area contributed by atoms with Crippen molar-refractivity contribution in [2.75, 3.05) is 13.1 Å². The molecule has 2 aromatic heterocycles. The van der Waals surface area contributed by atoms with Crippen LogP contribution in [0.1, 0.15) is 17.8 Å². The summed E-state index contributed by atoms with van der Waals surface area (Å²) in [5, 5.41) is 0. The molecule has 0 bridgehead atoms. The summed E-state index contributed by atoms with van der Waals surface area (Å²) in [6.45, 7) is 1.38. The molecule has 0 spiro atoms. The normalized spacial score (nSPS) is 13.9. The molecule has 0 radical (unpaired) electrons. The number of rotatable bonds is 3. The molecule has 0 saturated carbocycles. The van der Waals surface area contributed by atoms with Crippen LogP contribution in [0.15, 0.2) is 41.3 Å². The first-order chi connectivity index (χ1) is 12.1. The van der Waals surface area contributed by atoms with Gasteiger partial charge in [0.2, 0.25) is 0 Å². The van der Waals surface area contributed by atoms with Gasteiger partial charge in [-0.2, -0.15) is 4.57 Å². The zero-order chi connectivity index (χ0) is 17.4. The molecule has 0 N–H and O–H groups in total. The molecule has 1 fully saturated rings. The van der Waals surface area contributed by atoms with Crippen molar-refractivity contribution in [1.82, 2.24) is 24.0 Å². The lowest BCUT2D eigenvalue weighted by Gasteiger charge is -2.30. The predicted molar refractivity (Wildman–Crippen MR) is 93.6 cm³/mol. The average Bonchev–Trinajstić information content (AvgIpc) is 2.83. The molecule has 1 amide bonds. The van der Waals surface area contributed by atoms with Crippen LogP contribution in [-0.4, -0.2) is 43.1 Å². The average molecular weight is 337 g/mol. The zero-order valence-electron chi connectivity index (χ0n) is 14.1. The van der Waals surface area contributed by atoms with Gasteiger partial charge in [-0.1, -0.05) is 30.3 Å². The number of carbonyl (C=O) groups is 1. The fourth-order valence-corrected chi connectivity index (χ4v) is 2.99. The second kappa shape index (κ2) is 6.16. The van der Waals surface area contributed by atoms with Crippen LogP contribution in [0.4, 0.5) is 4.79 Å². The topological polar surface area (TPSA) is 73.0 Å². The van der Waals surface area contributed by atoms with E-state index in [4.69, 9.17) is 0 Å². The van der Waals surface area contributed by atoms with Crippen LogP contribution in [0.5, 0.6) is 0 Å². The van der Waals surface area contributed by atoms with Gasteiger partial charge in [-0.3, -0.25) is 4.57 Å². The second-order valence-corrected chi connectivity index (χ2v) is 6.28. The van der Waals surface area contributed by atoms with Crippen LogP contribution in [0.2, 0.25) is 0 Å². The van der Waals surface area contributed by atoms with E-state index in [1.165, 1.54) is 14.7 Å². The Kier molecular flexibility index (Phi) is 3.83. The first-order valence-electron chi connectivity index (χ1n) is 8.42. The molecular formula is C18H19N5O2. The third-order valence-electron chi connectivity index (χ3n) is 4.65. The van der Waals surface area contributed by atoms with Gasteiger partial charge in [0.25, 0.3) is 0 Å². The van der Waals surface area contributed by atoms with Gasteiger partial charge in [-0.15, -0.1) is 0 Å². The summed E-state index contributed by atoms with van der Waals surface area (Å²) >= 11 is 0. The van der Waals surface area contributed by atoms with Crippen molar-refractivity contribution in [3.63, 3.8) is 0 Å². The first kappa shape index (κ1) is 15.6. The van der Waals surface area contributed by atoms with Crippen molar-refractivity contribution >= 4 is 17.2 Å². The lowest BCUT2D eigenvalue weighted by atomic mass is 10.1. The third kappa shape index (κ3) is 2.71. The molecule has 1 aliphatic rings. The molecule has 128 valence electrons. The van der Waals surface area contributed by atoms with E-state index in [0.717, 1.165) is 12.8 Å². The maximum absolute atomic E-state index is 12.6. The maximum atomic E-state index is 12.6. The molecule has 1 aliphatic heterocycles. The number of hydrogen-bond acceptors (Lipinski definition) is 4. The summed E-state index contributed by atoms with van der Waals surface area (Å²) in [6, 6.07) is 9.81. The SMILES string of the molecule is Cn1c(=O)n(C(=O)N2CCC2)c2nc(CCc3ccccc3)ncc21. The van der Waals surface area contributed by atoms with Gasteiger partial charge in [-0.25, -0.2) is 19.6 Å². The van der Waals surface area contributed by atoms with E-state index in [9.17, 15) is 9.59 Å². The van der Waals surface area contributed by atoms with E-state index >= 15 is 0 Å². The Labute approximate surface area is 144 Å². The highest BCUT2D eigenvalue weighted by molar-refractivity contribution is 5.87. The monoisotopic (exact) mass is 337 g/mol. The van der Waals surface area contributed by atoms with E-state index in [1.807, 2.05) is 18.2 Å². The van der Waals surface area contributed by atoms with Crippen LogP contribution in [0, 0.1) is 0 Å². The smallest absolute Gasteiger partial charge is 0.324 e.